The molecule has 0 aliphatic carbocycles. The van der Waals surface area contributed by atoms with Gasteiger partial charge in [-0.15, -0.1) is 6.42 Å². The van der Waals surface area contributed by atoms with Crippen LogP contribution in [0.3, 0.4) is 0 Å². The largest absolute Gasteiger partial charge is 0.341 e. The minimum atomic E-state index is -3.69. The van der Waals surface area contributed by atoms with E-state index in [1.54, 1.807) is 30.3 Å². The van der Waals surface area contributed by atoms with E-state index in [4.69, 9.17) is 6.42 Å². The van der Waals surface area contributed by atoms with Gasteiger partial charge in [-0.1, -0.05) is 24.1 Å². The van der Waals surface area contributed by atoms with Crippen molar-refractivity contribution in [3.05, 3.63) is 60.2 Å². The van der Waals surface area contributed by atoms with Crippen LogP contribution in [0.1, 0.15) is 10.4 Å². The molecule has 0 aliphatic rings. The first kappa shape index (κ1) is 15.6. The molecule has 0 bridgehead atoms. The lowest BCUT2D eigenvalue weighted by molar-refractivity contribution is 0.0958. The van der Waals surface area contributed by atoms with Crippen molar-refractivity contribution in [2.75, 3.05) is 11.3 Å². The highest BCUT2D eigenvalue weighted by molar-refractivity contribution is 7.92. The molecule has 0 heterocycles. The van der Waals surface area contributed by atoms with E-state index in [1.807, 2.05) is 0 Å². The van der Waals surface area contributed by atoms with E-state index < -0.39 is 10.0 Å². The summed E-state index contributed by atoms with van der Waals surface area (Å²) in [5.41, 5.74) is 0.812. The van der Waals surface area contributed by atoms with E-state index in [0.29, 0.717) is 11.3 Å². The van der Waals surface area contributed by atoms with E-state index in [9.17, 15) is 13.2 Å². The lowest BCUT2D eigenvalue weighted by atomic mass is 10.2. The van der Waals surface area contributed by atoms with Crippen LogP contribution in [0, 0.1) is 12.3 Å². The number of hydrogen-bond donors (Lipinski definition) is 2. The number of amides is 1. The zero-order chi connectivity index (χ0) is 16.0. The molecule has 0 saturated heterocycles. The Balaban J connectivity index is 2.16. The minimum Gasteiger partial charge on any atom is -0.341 e. The van der Waals surface area contributed by atoms with Gasteiger partial charge in [0.2, 0.25) is 0 Å². The Bertz CT molecular complexity index is 792. The monoisotopic (exact) mass is 314 g/mol. The third-order valence-electron chi connectivity index (χ3n) is 2.80. The van der Waals surface area contributed by atoms with Crippen LogP contribution in [0.4, 0.5) is 5.69 Å². The minimum absolute atomic E-state index is 0.0739. The quantitative estimate of drug-likeness (QED) is 0.827. The van der Waals surface area contributed by atoms with Crippen LogP contribution in [0.2, 0.25) is 0 Å². The number of anilines is 1. The molecule has 0 atom stereocenters. The smallest absolute Gasteiger partial charge is 0.261 e. The number of rotatable bonds is 5. The van der Waals surface area contributed by atoms with Gasteiger partial charge in [0.1, 0.15) is 0 Å². The van der Waals surface area contributed by atoms with E-state index >= 15 is 0 Å². The maximum atomic E-state index is 12.2. The van der Waals surface area contributed by atoms with Crippen molar-refractivity contribution in [1.29, 1.82) is 0 Å². The number of benzene rings is 2. The molecule has 6 heteroatoms. The number of sulfonamides is 1. The first-order valence-electron chi connectivity index (χ1n) is 6.42. The predicted octanol–water partition coefficient (Wildman–Crippen LogP) is 1.85. The van der Waals surface area contributed by atoms with Crippen LogP contribution in [-0.2, 0) is 10.0 Å². The van der Waals surface area contributed by atoms with Crippen LogP contribution < -0.4 is 10.0 Å². The molecule has 2 aromatic rings. The number of carbonyl (C=O) groups is 1. The first-order chi connectivity index (χ1) is 10.5. The Morgan fingerprint density at radius 3 is 2.27 bits per heavy atom. The van der Waals surface area contributed by atoms with Gasteiger partial charge in [-0.05, 0) is 36.4 Å². The standard InChI is InChI=1S/C16H14N2O3S/c1-2-12-17-16(19)13-8-10-15(11-9-13)22(20,21)18-14-6-4-3-5-7-14/h1,3-11,18H,12H2,(H,17,19). The van der Waals surface area contributed by atoms with Gasteiger partial charge in [0.05, 0.1) is 11.4 Å². The SMILES string of the molecule is C#CCNC(=O)c1ccc(S(=O)(=O)Nc2ccccc2)cc1. The lowest BCUT2D eigenvalue weighted by Gasteiger charge is -2.08. The van der Waals surface area contributed by atoms with Crippen molar-refractivity contribution in [2.24, 2.45) is 0 Å². The van der Waals surface area contributed by atoms with E-state index in [1.165, 1.54) is 24.3 Å². The Labute approximate surface area is 129 Å². The van der Waals surface area contributed by atoms with Gasteiger partial charge >= 0.3 is 0 Å². The topological polar surface area (TPSA) is 75.3 Å². The summed E-state index contributed by atoms with van der Waals surface area (Å²) in [5, 5.41) is 2.51. The molecule has 0 radical (unpaired) electrons. The van der Waals surface area contributed by atoms with E-state index in [2.05, 4.69) is 16.0 Å². The molecule has 0 aliphatic heterocycles. The van der Waals surface area contributed by atoms with Crippen LogP contribution in [-0.4, -0.2) is 20.9 Å². The van der Waals surface area contributed by atoms with Crippen molar-refractivity contribution >= 4 is 21.6 Å². The molecule has 0 aromatic heterocycles. The molecule has 5 nitrogen and oxygen atoms in total. The third-order valence-corrected chi connectivity index (χ3v) is 4.20. The second-order valence-electron chi connectivity index (χ2n) is 4.38. The highest BCUT2D eigenvalue weighted by atomic mass is 32.2. The van der Waals surface area contributed by atoms with Crippen LogP contribution >= 0.6 is 0 Å². The molecule has 0 saturated carbocycles. The maximum Gasteiger partial charge on any atom is 0.261 e. The average Bonchev–Trinajstić information content (AvgIpc) is 2.53. The summed E-state index contributed by atoms with van der Waals surface area (Å²) in [6.45, 7) is 0.119. The summed E-state index contributed by atoms with van der Waals surface area (Å²) in [6.07, 6.45) is 5.06. The highest BCUT2D eigenvalue weighted by Gasteiger charge is 2.14. The van der Waals surface area contributed by atoms with Crippen LogP contribution in [0.5, 0.6) is 0 Å². The zero-order valence-corrected chi connectivity index (χ0v) is 12.4. The van der Waals surface area contributed by atoms with Gasteiger partial charge in [-0.2, -0.15) is 0 Å². The Morgan fingerprint density at radius 1 is 1.05 bits per heavy atom. The molecule has 2 rings (SSSR count). The summed E-state index contributed by atoms with van der Waals surface area (Å²) >= 11 is 0. The molecule has 0 spiro atoms. The highest BCUT2D eigenvalue weighted by Crippen LogP contribution is 2.16. The van der Waals surface area contributed by atoms with Gasteiger partial charge in [0, 0.05) is 11.3 Å². The van der Waals surface area contributed by atoms with Crippen LogP contribution in [0.25, 0.3) is 0 Å². The maximum absolute atomic E-state index is 12.2. The molecule has 2 N–H and O–H groups in total. The normalized spacial score (nSPS) is 10.5. The van der Waals surface area contributed by atoms with Crippen molar-refractivity contribution in [3.8, 4) is 12.3 Å². The number of nitrogens with one attached hydrogen (secondary N) is 2. The Hall–Kier alpha value is -2.78. The van der Waals surface area contributed by atoms with Crippen molar-refractivity contribution < 1.29 is 13.2 Å². The number of para-hydroxylation sites is 1. The summed E-state index contributed by atoms with van der Waals surface area (Å²) in [4.78, 5) is 11.8. The second-order valence-corrected chi connectivity index (χ2v) is 6.07. The number of carbonyl (C=O) groups excluding carboxylic acids is 1. The fraction of sp³-hybridized carbons (Fsp3) is 0.0625. The van der Waals surface area contributed by atoms with E-state index in [0.717, 1.165) is 0 Å². The van der Waals surface area contributed by atoms with Crippen molar-refractivity contribution in [3.63, 3.8) is 0 Å². The summed E-state index contributed by atoms with van der Waals surface area (Å²) < 4.78 is 26.9. The van der Waals surface area contributed by atoms with Gasteiger partial charge in [-0.25, -0.2) is 8.42 Å². The summed E-state index contributed by atoms with van der Waals surface area (Å²) in [6, 6.07) is 14.2. The molecular weight excluding hydrogens is 300 g/mol. The molecule has 0 unspecified atom stereocenters. The van der Waals surface area contributed by atoms with Crippen molar-refractivity contribution in [2.45, 2.75) is 4.90 Å². The molecule has 1 amide bonds. The molecule has 22 heavy (non-hydrogen) atoms. The van der Waals surface area contributed by atoms with E-state index in [-0.39, 0.29) is 17.3 Å². The van der Waals surface area contributed by atoms with Crippen molar-refractivity contribution in [1.82, 2.24) is 5.32 Å². The molecule has 112 valence electrons. The predicted molar refractivity (Wildman–Crippen MR) is 84.9 cm³/mol. The fourth-order valence-electron chi connectivity index (χ4n) is 1.74. The van der Waals surface area contributed by atoms with Gasteiger partial charge in [0.15, 0.2) is 0 Å². The molecule has 2 aromatic carbocycles. The molecular formula is C16H14N2O3S. The third kappa shape index (κ3) is 3.87. The zero-order valence-electron chi connectivity index (χ0n) is 11.6. The first-order valence-corrected chi connectivity index (χ1v) is 7.91. The van der Waals surface area contributed by atoms with Gasteiger partial charge in [0.25, 0.3) is 15.9 Å². The second kappa shape index (κ2) is 6.78. The Kier molecular flexibility index (Phi) is 4.81. The fourth-order valence-corrected chi connectivity index (χ4v) is 2.80. The lowest BCUT2D eigenvalue weighted by Crippen LogP contribution is -2.23. The number of terminal acetylenes is 1. The Morgan fingerprint density at radius 2 is 1.68 bits per heavy atom. The number of hydrogen-bond acceptors (Lipinski definition) is 3. The summed E-state index contributed by atoms with van der Waals surface area (Å²) in [7, 11) is -3.69. The van der Waals surface area contributed by atoms with Gasteiger partial charge in [-0.3, -0.25) is 9.52 Å². The van der Waals surface area contributed by atoms with Crippen LogP contribution in [0.15, 0.2) is 59.5 Å². The average molecular weight is 314 g/mol. The van der Waals surface area contributed by atoms with Gasteiger partial charge < -0.3 is 5.32 Å². The summed E-state index contributed by atoms with van der Waals surface area (Å²) in [5.74, 6) is 1.94. The molecule has 0 fully saturated rings.